The zero-order chi connectivity index (χ0) is 12.8. The molecule has 1 aliphatic heterocycles. The summed E-state index contributed by atoms with van der Waals surface area (Å²) >= 11 is 3.58. The lowest BCUT2D eigenvalue weighted by Crippen LogP contribution is -2.47. The van der Waals surface area contributed by atoms with Crippen LogP contribution in [0.2, 0.25) is 0 Å². The van der Waals surface area contributed by atoms with E-state index in [1.807, 2.05) is 0 Å². The summed E-state index contributed by atoms with van der Waals surface area (Å²) in [7, 11) is 0. The third-order valence-corrected chi connectivity index (χ3v) is 5.29. The van der Waals surface area contributed by atoms with Crippen LogP contribution in [0.1, 0.15) is 64.2 Å². The van der Waals surface area contributed by atoms with E-state index < -0.39 is 0 Å². The van der Waals surface area contributed by atoms with Crippen molar-refractivity contribution < 1.29 is 4.79 Å². The minimum Gasteiger partial charge on any atom is -0.339 e. The summed E-state index contributed by atoms with van der Waals surface area (Å²) in [6.07, 6.45) is 12.4. The number of carbonyl (C=O) groups excluding carboxylic acids is 1. The molecule has 3 heteroatoms. The Hall–Kier alpha value is -0.0500. The van der Waals surface area contributed by atoms with Gasteiger partial charge >= 0.3 is 0 Å². The molecule has 1 saturated heterocycles. The van der Waals surface area contributed by atoms with E-state index in [0.29, 0.717) is 17.9 Å². The average Bonchev–Trinajstić information content (AvgIpc) is 2.37. The summed E-state index contributed by atoms with van der Waals surface area (Å²) in [6, 6.07) is 0.455. The summed E-state index contributed by atoms with van der Waals surface area (Å²) in [5.41, 5.74) is 0. The van der Waals surface area contributed by atoms with Gasteiger partial charge in [-0.05, 0) is 32.1 Å². The molecule has 1 amide bonds. The molecule has 104 valence electrons. The maximum Gasteiger partial charge on any atom is 0.225 e. The number of nitrogens with zero attached hydrogens (tertiary/aromatic N) is 1. The van der Waals surface area contributed by atoms with Crippen molar-refractivity contribution in [2.45, 2.75) is 70.3 Å². The zero-order valence-corrected chi connectivity index (χ0v) is 13.0. The largest absolute Gasteiger partial charge is 0.339 e. The summed E-state index contributed by atoms with van der Waals surface area (Å²) in [5, 5.41) is 0.950. The summed E-state index contributed by atoms with van der Waals surface area (Å²) < 4.78 is 0. The maximum atomic E-state index is 12.7. The van der Waals surface area contributed by atoms with Gasteiger partial charge in [0.25, 0.3) is 0 Å². The molecule has 2 aliphatic rings. The molecule has 2 fully saturated rings. The minimum absolute atomic E-state index is 0.324. The number of alkyl halides is 1. The van der Waals surface area contributed by atoms with Crippen LogP contribution in [0.25, 0.3) is 0 Å². The molecule has 1 unspecified atom stereocenters. The summed E-state index contributed by atoms with van der Waals surface area (Å²) in [4.78, 5) is 14.9. The zero-order valence-electron chi connectivity index (χ0n) is 11.4. The van der Waals surface area contributed by atoms with Gasteiger partial charge in [0.05, 0.1) is 0 Å². The van der Waals surface area contributed by atoms with Crippen molar-refractivity contribution in [1.29, 1.82) is 0 Å². The second-order valence-corrected chi connectivity index (χ2v) is 6.53. The van der Waals surface area contributed by atoms with Gasteiger partial charge < -0.3 is 4.90 Å². The Bertz CT molecular complexity index is 261. The summed E-state index contributed by atoms with van der Waals surface area (Å²) in [5.74, 6) is 0.783. The molecule has 2 nitrogen and oxygen atoms in total. The van der Waals surface area contributed by atoms with E-state index in [9.17, 15) is 4.79 Å². The minimum atomic E-state index is 0.324. The van der Waals surface area contributed by atoms with Crippen molar-refractivity contribution in [3.8, 4) is 0 Å². The van der Waals surface area contributed by atoms with E-state index in [1.165, 1.54) is 51.4 Å². The quantitative estimate of drug-likeness (QED) is 0.702. The number of likely N-dealkylation sites (tertiary alicyclic amines) is 1. The fourth-order valence-electron chi connectivity index (χ4n) is 3.39. The molecule has 0 bridgehead atoms. The van der Waals surface area contributed by atoms with Crippen molar-refractivity contribution in [2.24, 2.45) is 5.92 Å². The van der Waals surface area contributed by atoms with E-state index in [2.05, 4.69) is 20.8 Å². The molecule has 0 N–H and O–H groups in total. The van der Waals surface area contributed by atoms with Gasteiger partial charge in [0, 0.05) is 23.8 Å². The lowest BCUT2D eigenvalue weighted by Gasteiger charge is -2.37. The number of hydrogen-bond donors (Lipinski definition) is 0. The first-order chi connectivity index (χ1) is 8.83. The third kappa shape index (κ3) is 3.72. The first-order valence-electron chi connectivity index (χ1n) is 7.69. The van der Waals surface area contributed by atoms with Gasteiger partial charge in [-0.2, -0.15) is 0 Å². The SMILES string of the molecule is O=C(C1CCCCCCC1)N1CCCCC1CBr. The number of hydrogen-bond acceptors (Lipinski definition) is 1. The Morgan fingerprint density at radius 3 is 2.22 bits per heavy atom. The average molecular weight is 316 g/mol. The number of carbonyl (C=O) groups is 1. The lowest BCUT2D eigenvalue weighted by molar-refractivity contribution is -0.139. The van der Waals surface area contributed by atoms with Gasteiger partial charge in [-0.3, -0.25) is 4.79 Å². The number of piperidine rings is 1. The van der Waals surface area contributed by atoms with Gasteiger partial charge in [0.15, 0.2) is 0 Å². The van der Waals surface area contributed by atoms with Crippen LogP contribution in [0.5, 0.6) is 0 Å². The molecule has 2 rings (SSSR count). The van der Waals surface area contributed by atoms with Crippen molar-refractivity contribution in [2.75, 3.05) is 11.9 Å². The first kappa shape index (κ1) is 14.4. The molecule has 0 aromatic rings. The second kappa shape index (κ2) is 7.52. The Labute approximate surface area is 120 Å². The molecule has 0 aromatic carbocycles. The standard InChI is InChI=1S/C15H26BrNO/c16-12-14-10-6-7-11-17(14)15(18)13-8-4-2-1-3-5-9-13/h13-14H,1-12H2. The van der Waals surface area contributed by atoms with Crippen LogP contribution in [0.15, 0.2) is 0 Å². The van der Waals surface area contributed by atoms with E-state index in [4.69, 9.17) is 0 Å². The van der Waals surface area contributed by atoms with Crippen LogP contribution in [0.3, 0.4) is 0 Å². The van der Waals surface area contributed by atoms with Gasteiger partial charge in [-0.15, -0.1) is 0 Å². The molecule has 1 heterocycles. The molecule has 1 saturated carbocycles. The highest BCUT2D eigenvalue weighted by molar-refractivity contribution is 9.09. The van der Waals surface area contributed by atoms with Crippen LogP contribution in [-0.2, 0) is 4.79 Å². The Morgan fingerprint density at radius 2 is 1.56 bits per heavy atom. The Morgan fingerprint density at radius 1 is 0.944 bits per heavy atom. The predicted molar refractivity (Wildman–Crippen MR) is 79.0 cm³/mol. The highest BCUT2D eigenvalue weighted by Crippen LogP contribution is 2.27. The monoisotopic (exact) mass is 315 g/mol. The van der Waals surface area contributed by atoms with Gasteiger partial charge in [0.2, 0.25) is 5.91 Å². The van der Waals surface area contributed by atoms with E-state index >= 15 is 0 Å². The Balaban J connectivity index is 1.94. The van der Waals surface area contributed by atoms with Crippen LogP contribution in [0.4, 0.5) is 0 Å². The van der Waals surface area contributed by atoms with E-state index in [-0.39, 0.29) is 0 Å². The molecular weight excluding hydrogens is 290 g/mol. The topological polar surface area (TPSA) is 20.3 Å². The third-order valence-electron chi connectivity index (χ3n) is 4.54. The van der Waals surface area contributed by atoms with Gasteiger partial charge in [-0.1, -0.05) is 48.0 Å². The van der Waals surface area contributed by atoms with Crippen molar-refractivity contribution in [3.63, 3.8) is 0 Å². The predicted octanol–water partition coefficient (Wildman–Crippen LogP) is 4.12. The summed E-state index contributed by atoms with van der Waals surface area (Å²) in [6.45, 7) is 0.992. The van der Waals surface area contributed by atoms with Crippen LogP contribution in [0, 0.1) is 5.92 Å². The fourth-order valence-corrected chi connectivity index (χ4v) is 4.06. The van der Waals surface area contributed by atoms with E-state index in [0.717, 1.165) is 24.7 Å². The van der Waals surface area contributed by atoms with Crippen LogP contribution < -0.4 is 0 Å². The number of rotatable bonds is 2. The number of amides is 1. The molecule has 18 heavy (non-hydrogen) atoms. The molecule has 0 aromatic heterocycles. The first-order valence-corrected chi connectivity index (χ1v) is 8.81. The highest BCUT2D eigenvalue weighted by Gasteiger charge is 2.30. The van der Waals surface area contributed by atoms with E-state index in [1.54, 1.807) is 0 Å². The smallest absolute Gasteiger partial charge is 0.225 e. The molecule has 0 radical (unpaired) electrons. The lowest BCUT2D eigenvalue weighted by atomic mass is 9.89. The second-order valence-electron chi connectivity index (χ2n) is 5.88. The molecule has 1 aliphatic carbocycles. The molecule has 0 spiro atoms. The van der Waals surface area contributed by atoms with Crippen LogP contribution in [-0.4, -0.2) is 28.7 Å². The molecule has 1 atom stereocenters. The Kier molecular flexibility index (Phi) is 6.00. The normalized spacial score (nSPS) is 27.6. The van der Waals surface area contributed by atoms with Crippen molar-refractivity contribution in [3.05, 3.63) is 0 Å². The maximum absolute atomic E-state index is 12.7. The van der Waals surface area contributed by atoms with Crippen molar-refractivity contribution in [1.82, 2.24) is 4.90 Å². The molecular formula is C15H26BrNO. The van der Waals surface area contributed by atoms with Gasteiger partial charge in [0.1, 0.15) is 0 Å². The fraction of sp³-hybridized carbons (Fsp3) is 0.933. The van der Waals surface area contributed by atoms with Crippen LogP contribution >= 0.6 is 15.9 Å². The highest BCUT2D eigenvalue weighted by atomic mass is 79.9. The van der Waals surface area contributed by atoms with Gasteiger partial charge in [-0.25, -0.2) is 0 Å². The number of halogens is 1. The van der Waals surface area contributed by atoms with Crippen molar-refractivity contribution >= 4 is 21.8 Å².